The van der Waals surface area contributed by atoms with Crippen LogP contribution < -0.4 is 5.73 Å². The van der Waals surface area contributed by atoms with Gasteiger partial charge in [-0.1, -0.05) is 47.5 Å². The summed E-state index contributed by atoms with van der Waals surface area (Å²) in [5.41, 5.74) is 6.17. The predicted octanol–water partition coefficient (Wildman–Crippen LogP) is 3.86. The van der Waals surface area contributed by atoms with E-state index in [0.29, 0.717) is 21.2 Å². The highest BCUT2D eigenvalue weighted by Gasteiger charge is 2.26. The van der Waals surface area contributed by atoms with Gasteiger partial charge in [-0.2, -0.15) is 0 Å². The lowest BCUT2D eigenvalue weighted by atomic mass is 9.98. The monoisotopic (exact) mass is 325 g/mol. The van der Waals surface area contributed by atoms with E-state index in [1.807, 2.05) is 0 Å². The van der Waals surface area contributed by atoms with Crippen LogP contribution in [0.5, 0.6) is 0 Å². The van der Waals surface area contributed by atoms with Gasteiger partial charge in [0.15, 0.2) is 6.10 Å². The Balaban J connectivity index is 2.35. The van der Waals surface area contributed by atoms with E-state index < -0.39 is 18.3 Å². The third kappa shape index (κ3) is 4.11. The maximum absolute atomic E-state index is 11.1. The van der Waals surface area contributed by atoms with Crippen molar-refractivity contribution in [1.82, 2.24) is 0 Å². The van der Waals surface area contributed by atoms with Gasteiger partial charge in [-0.3, -0.25) is 0 Å². The number of aliphatic hydroxyl groups excluding tert-OH is 1. The maximum Gasteiger partial charge on any atom is 0.405 e. The van der Waals surface area contributed by atoms with E-state index in [2.05, 4.69) is 0 Å². The highest BCUT2D eigenvalue weighted by Crippen LogP contribution is 2.33. The fourth-order valence-electron chi connectivity index (χ4n) is 1.96. The Morgan fingerprint density at radius 1 is 1.05 bits per heavy atom. The molecular formula is C15H13Cl2NO3. The van der Waals surface area contributed by atoms with Gasteiger partial charge < -0.3 is 15.6 Å². The zero-order chi connectivity index (χ0) is 15.4. The number of benzene rings is 2. The lowest BCUT2D eigenvalue weighted by Crippen LogP contribution is -2.22. The van der Waals surface area contributed by atoms with Crippen LogP contribution in [0.4, 0.5) is 4.79 Å². The van der Waals surface area contributed by atoms with Crippen molar-refractivity contribution in [2.75, 3.05) is 0 Å². The lowest BCUT2D eigenvalue weighted by molar-refractivity contribution is 0.00373. The highest BCUT2D eigenvalue weighted by atomic mass is 35.5. The van der Waals surface area contributed by atoms with Gasteiger partial charge in [0.1, 0.15) is 6.10 Å². The van der Waals surface area contributed by atoms with E-state index in [4.69, 9.17) is 33.7 Å². The van der Waals surface area contributed by atoms with E-state index in [1.54, 1.807) is 48.5 Å². The largest absolute Gasteiger partial charge is 0.438 e. The van der Waals surface area contributed by atoms with Crippen molar-refractivity contribution in [2.24, 2.45) is 5.73 Å². The maximum atomic E-state index is 11.1. The van der Waals surface area contributed by atoms with Crippen LogP contribution in [0.25, 0.3) is 0 Å². The molecule has 110 valence electrons. The van der Waals surface area contributed by atoms with Gasteiger partial charge in [0, 0.05) is 10.0 Å². The molecule has 0 bridgehead atoms. The zero-order valence-corrected chi connectivity index (χ0v) is 12.4. The van der Waals surface area contributed by atoms with E-state index in [-0.39, 0.29) is 0 Å². The van der Waals surface area contributed by atoms with Gasteiger partial charge in [-0.25, -0.2) is 4.79 Å². The number of hydrogen-bond acceptors (Lipinski definition) is 3. The van der Waals surface area contributed by atoms with Crippen LogP contribution in [0.2, 0.25) is 10.0 Å². The molecule has 0 saturated carbocycles. The number of rotatable bonds is 4. The van der Waals surface area contributed by atoms with Crippen LogP contribution in [0.1, 0.15) is 23.3 Å². The summed E-state index contributed by atoms with van der Waals surface area (Å²) >= 11 is 11.7. The van der Waals surface area contributed by atoms with Gasteiger partial charge >= 0.3 is 6.09 Å². The van der Waals surface area contributed by atoms with Crippen LogP contribution in [0, 0.1) is 0 Å². The number of halogens is 2. The predicted molar refractivity (Wildman–Crippen MR) is 81.3 cm³/mol. The molecule has 0 aromatic heterocycles. The second-order valence-corrected chi connectivity index (χ2v) is 5.28. The SMILES string of the molecule is NC(=O)O[C@@H](c1ccc(Cl)cc1)[C@H](O)c1cccc(Cl)c1. The number of nitrogens with two attached hydrogens (primary N) is 1. The van der Waals surface area contributed by atoms with Gasteiger partial charge in [0.05, 0.1) is 0 Å². The molecule has 2 atom stereocenters. The Labute approximate surface area is 132 Å². The normalized spacial score (nSPS) is 13.5. The van der Waals surface area contributed by atoms with Crippen LogP contribution in [0.3, 0.4) is 0 Å². The molecule has 4 nitrogen and oxygen atoms in total. The highest BCUT2D eigenvalue weighted by molar-refractivity contribution is 6.30. The minimum Gasteiger partial charge on any atom is -0.438 e. The average Bonchev–Trinajstić information content (AvgIpc) is 2.45. The first-order valence-corrected chi connectivity index (χ1v) is 6.88. The Kier molecular flexibility index (Phi) is 5.07. The molecule has 0 radical (unpaired) electrons. The summed E-state index contributed by atoms with van der Waals surface area (Å²) in [6.45, 7) is 0. The third-order valence-corrected chi connectivity index (χ3v) is 3.41. The molecule has 2 aromatic carbocycles. The zero-order valence-electron chi connectivity index (χ0n) is 10.9. The minimum atomic E-state index is -1.10. The number of ether oxygens (including phenoxy) is 1. The topological polar surface area (TPSA) is 72.6 Å². The summed E-state index contributed by atoms with van der Waals surface area (Å²) in [5.74, 6) is 0. The summed E-state index contributed by atoms with van der Waals surface area (Å²) < 4.78 is 5.04. The fraction of sp³-hybridized carbons (Fsp3) is 0.133. The van der Waals surface area contributed by atoms with E-state index >= 15 is 0 Å². The molecule has 0 aliphatic heterocycles. The Hall–Kier alpha value is -1.75. The Morgan fingerprint density at radius 2 is 1.71 bits per heavy atom. The molecule has 21 heavy (non-hydrogen) atoms. The summed E-state index contributed by atoms with van der Waals surface area (Å²) in [6.07, 6.45) is -3.02. The first-order chi connectivity index (χ1) is 9.97. The molecule has 1 amide bonds. The van der Waals surface area contributed by atoms with Crippen LogP contribution >= 0.6 is 23.2 Å². The summed E-state index contributed by atoms with van der Waals surface area (Å²) in [4.78, 5) is 11.1. The molecule has 0 saturated heterocycles. The molecule has 6 heteroatoms. The third-order valence-electron chi connectivity index (χ3n) is 2.92. The van der Waals surface area contributed by atoms with Crippen molar-refractivity contribution in [3.8, 4) is 0 Å². The van der Waals surface area contributed by atoms with Crippen LogP contribution in [-0.4, -0.2) is 11.2 Å². The lowest BCUT2D eigenvalue weighted by Gasteiger charge is -2.23. The smallest absolute Gasteiger partial charge is 0.405 e. The summed E-state index contributed by atoms with van der Waals surface area (Å²) in [5, 5.41) is 11.5. The molecule has 0 unspecified atom stereocenters. The second kappa shape index (κ2) is 6.80. The number of aliphatic hydroxyl groups is 1. The second-order valence-electron chi connectivity index (χ2n) is 4.41. The van der Waals surface area contributed by atoms with Crippen molar-refractivity contribution in [3.63, 3.8) is 0 Å². The van der Waals surface area contributed by atoms with Gasteiger partial charge in [-0.15, -0.1) is 0 Å². The molecule has 2 rings (SSSR count). The molecule has 0 aliphatic carbocycles. The molecule has 0 spiro atoms. The minimum absolute atomic E-state index is 0.473. The van der Waals surface area contributed by atoms with Crippen LogP contribution in [0.15, 0.2) is 48.5 Å². The quantitative estimate of drug-likeness (QED) is 0.896. The number of primary amides is 1. The number of hydrogen-bond donors (Lipinski definition) is 2. The first-order valence-electron chi connectivity index (χ1n) is 6.12. The van der Waals surface area contributed by atoms with E-state index in [9.17, 15) is 9.90 Å². The average molecular weight is 326 g/mol. The van der Waals surface area contributed by atoms with E-state index in [0.717, 1.165) is 0 Å². The number of carbonyl (C=O) groups excluding carboxylic acids is 1. The van der Waals surface area contributed by atoms with Gasteiger partial charge in [0.25, 0.3) is 0 Å². The molecule has 3 N–H and O–H groups in total. The Bertz CT molecular complexity index is 631. The van der Waals surface area contributed by atoms with Crippen molar-refractivity contribution < 1.29 is 14.6 Å². The standard InChI is InChI=1S/C15H13Cl2NO3/c16-11-6-4-9(5-7-11)14(21-15(18)20)13(19)10-2-1-3-12(17)8-10/h1-8,13-14,19H,(H2,18,20)/t13-,14+/m1/s1. The number of amides is 1. The van der Waals surface area contributed by atoms with Crippen molar-refractivity contribution in [3.05, 3.63) is 69.7 Å². The van der Waals surface area contributed by atoms with Gasteiger partial charge in [-0.05, 0) is 35.4 Å². The molecule has 0 fully saturated rings. The van der Waals surface area contributed by atoms with Crippen molar-refractivity contribution in [2.45, 2.75) is 12.2 Å². The van der Waals surface area contributed by atoms with Crippen LogP contribution in [-0.2, 0) is 4.74 Å². The fourth-order valence-corrected chi connectivity index (χ4v) is 2.28. The first kappa shape index (κ1) is 15.6. The summed E-state index contributed by atoms with van der Waals surface area (Å²) in [6, 6.07) is 13.3. The van der Waals surface area contributed by atoms with Crippen molar-refractivity contribution in [1.29, 1.82) is 0 Å². The van der Waals surface area contributed by atoms with Crippen molar-refractivity contribution >= 4 is 29.3 Å². The molecule has 2 aromatic rings. The van der Waals surface area contributed by atoms with E-state index in [1.165, 1.54) is 0 Å². The molecule has 0 aliphatic rings. The molecule has 0 heterocycles. The molecular weight excluding hydrogens is 313 g/mol. The van der Waals surface area contributed by atoms with Gasteiger partial charge in [0.2, 0.25) is 0 Å². The Morgan fingerprint density at radius 3 is 2.29 bits per heavy atom. The summed E-state index contributed by atoms with van der Waals surface area (Å²) in [7, 11) is 0. The number of carbonyl (C=O) groups is 1.